The first-order valence-electron chi connectivity index (χ1n) is 7.25. The maximum Gasteiger partial charge on any atom is 0.327 e. The highest BCUT2D eigenvalue weighted by atomic mass is 35.5. The summed E-state index contributed by atoms with van der Waals surface area (Å²) >= 11 is 6.37. The van der Waals surface area contributed by atoms with Crippen LogP contribution in [0, 0.1) is 0 Å². The van der Waals surface area contributed by atoms with Gasteiger partial charge in [-0.25, -0.2) is 4.98 Å². The summed E-state index contributed by atoms with van der Waals surface area (Å²) in [7, 11) is 1.79. The first kappa shape index (κ1) is 16.5. The molecule has 6 heteroatoms. The van der Waals surface area contributed by atoms with E-state index in [1.54, 1.807) is 11.6 Å². The molecular weight excluding hydrogens is 302 g/mol. The third-order valence-electron chi connectivity index (χ3n) is 3.75. The lowest BCUT2D eigenvalue weighted by atomic mass is 10.2. The zero-order valence-corrected chi connectivity index (χ0v) is 13.7. The Kier molecular flexibility index (Phi) is 5.21. The third-order valence-corrected chi connectivity index (χ3v) is 4.20. The molecule has 0 saturated heterocycles. The van der Waals surface area contributed by atoms with Gasteiger partial charge in [-0.2, -0.15) is 0 Å². The minimum Gasteiger partial charge on any atom is -0.480 e. The fourth-order valence-electron chi connectivity index (χ4n) is 2.55. The summed E-state index contributed by atoms with van der Waals surface area (Å²) in [4.78, 5) is 18.1. The molecule has 1 N–H and O–H groups in total. The molecule has 0 fully saturated rings. The predicted molar refractivity (Wildman–Crippen MR) is 87.0 cm³/mol. The van der Waals surface area contributed by atoms with Gasteiger partial charge in [-0.3, -0.25) is 9.69 Å². The van der Waals surface area contributed by atoms with E-state index in [9.17, 15) is 9.90 Å². The minimum atomic E-state index is -0.941. The van der Waals surface area contributed by atoms with Gasteiger partial charge in [0, 0.05) is 12.6 Å². The Labute approximate surface area is 135 Å². The Bertz CT molecular complexity index is 651. The smallest absolute Gasteiger partial charge is 0.327 e. The second kappa shape index (κ2) is 6.94. The first-order chi connectivity index (χ1) is 10.5. The van der Waals surface area contributed by atoms with Crippen molar-refractivity contribution in [1.29, 1.82) is 0 Å². The number of halogens is 1. The number of aliphatic carboxylic acids is 1. The first-order valence-corrected chi connectivity index (χ1v) is 7.63. The molecule has 5 nitrogen and oxygen atoms in total. The van der Waals surface area contributed by atoms with Crippen molar-refractivity contribution in [3.8, 4) is 11.4 Å². The Morgan fingerprint density at radius 3 is 2.41 bits per heavy atom. The molecule has 1 heterocycles. The van der Waals surface area contributed by atoms with Gasteiger partial charge in [-0.1, -0.05) is 55.8 Å². The number of rotatable bonds is 6. The average molecular weight is 322 g/mol. The Balaban J connectivity index is 2.54. The van der Waals surface area contributed by atoms with Gasteiger partial charge in [0.2, 0.25) is 0 Å². The molecule has 1 aromatic heterocycles. The van der Waals surface area contributed by atoms with Crippen molar-refractivity contribution in [1.82, 2.24) is 14.5 Å². The summed E-state index contributed by atoms with van der Waals surface area (Å²) in [6.45, 7) is 5.07. The van der Waals surface area contributed by atoms with Crippen molar-refractivity contribution in [2.24, 2.45) is 7.05 Å². The SMILES string of the molecule is CCN(CC)C(C(=O)O)c1nc(-c2ccccc2)n(C)c1Cl. The van der Waals surface area contributed by atoms with Crippen LogP contribution in [0.15, 0.2) is 30.3 Å². The zero-order valence-electron chi connectivity index (χ0n) is 13.0. The van der Waals surface area contributed by atoms with Gasteiger partial charge in [-0.05, 0) is 13.1 Å². The van der Waals surface area contributed by atoms with Crippen molar-refractivity contribution in [2.45, 2.75) is 19.9 Å². The molecule has 1 atom stereocenters. The van der Waals surface area contributed by atoms with Crippen molar-refractivity contribution in [3.63, 3.8) is 0 Å². The van der Waals surface area contributed by atoms with Crippen LogP contribution in [0.5, 0.6) is 0 Å². The summed E-state index contributed by atoms with van der Waals surface area (Å²) in [6.07, 6.45) is 0. The lowest BCUT2D eigenvalue weighted by Crippen LogP contribution is -2.34. The van der Waals surface area contributed by atoms with Crippen LogP contribution in [0.3, 0.4) is 0 Å². The monoisotopic (exact) mass is 321 g/mol. The number of benzene rings is 1. The van der Waals surface area contributed by atoms with E-state index < -0.39 is 12.0 Å². The molecular formula is C16H20ClN3O2. The lowest BCUT2D eigenvalue weighted by molar-refractivity contribution is -0.143. The Hall–Kier alpha value is -1.85. The Morgan fingerprint density at radius 2 is 1.91 bits per heavy atom. The van der Waals surface area contributed by atoms with Gasteiger partial charge >= 0.3 is 5.97 Å². The second-order valence-corrected chi connectivity index (χ2v) is 5.36. The number of carboxylic acids is 1. The van der Waals surface area contributed by atoms with Crippen molar-refractivity contribution in [3.05, 3.63) is 41.2 Å². The van der Waals surface area contributed by atoms with Gasteiger partial charge < -0.3 is 9.67 Å². The van der Waals surface area contributed by atoms with Crippen molar-refractivity contribution in [2.75, 3.05) is 13.1 Å². The summed E-state index contributed by atoms with van der Waals surface area (Å²) in [6, 6.07) is 8.76. The molecule has 2 rings (SSSR count). The highest BCUT2D eigenvalue weighted by Crippen LogP contribution is 2.31. The van der Waals surface area contributed by atoms with E-state index in [0.29, 0.717) is 29.8 Å². The van der Waals surface area contributed by atoms with Crippen molar-refractivity contribution < 1.29 is 9.90 Å². The number of hydrogen-bond acceptors (Lipinski definition) is 3. The van der Waals surface area contributed by atoms with Crippen LogP contribution < -0.4 is 0 Å². The van der Waals surface area contributed by atoms with Crippen LogP contribution in [0.25, 0.3) is 11.4 Å². The van der Waals surface area contributed by atoms with Gasteiger partial charge in [0.05, 0.1) is 0 Å². The van der Waals surface area contributed by atoms with Gasteiger partial charge in [0.1, 0.15) is 16.7 Å². The number of aromatic nitrogens is 2. The van der Waals surface area contributed by atoms with E-state index in [1.807, 2.05) is 49.1 Å². The van der Waals surface area contributed by atoms with E-state index in [4.69, 9.17) is 11.6 Å². The van der Waals surface area contributed by atoms with E-state index in [0.717, 1.165) is 5.56 Å². The number of carboxylic acid groups (broad SMARTS) is 1. The molecule has 1 unspecified atom stereocenters. The predicted octanol–water partition coefficient (Wildman–Crippen LogP) is 3.21. The van der Waals surface area contributed by atoms with Gasteiger partial charge in [0.25, 0.3) is 0 Å². The molecule has 0 aliphatic carbocycles. The van der Waals surface area contributed by atoms with Gasteiger partial charge in [-0.15, -0.1) is 0 Å². The zero-order chi connectivity index (χ0) is 16.3. The molecule has 0 radical (unpaired) electrons. The molecule has 118 valence electrons. The molecule has 0 aliphatic heterocycles. The maximum atomic E-state index is 11.7. The van der Waals surface area contributed by atoms with Crippen LogP contribution in [0.2, 0.25) is 5.15 Å². The lowest BCUT2D eigenvalue weighted by Gasteiger charge is -2.24. The van der Waals surface area contributed by atoms with Crippen LogP contribution in [-0.4, -0.2) is 38.6 Å². The topological polar surface area (TPSA) is 58.4 Å². The summed E-state index contributed by atoms with van der Waals surface area (Å²) < 4.78 is 1.73. The molecule has 0 amide bonds. The van der Waals surface area contributed by atoms with Crippen LogP contribution >= 0.6 is 11.6 Å². The number of likely N-dealkylation sites (N-methyl/N-ethyl adjacent to an activating group) is 1. The number of imidazole rings is 1. The van der Waals surface area contributed by atoms with Crippen LogP contribution in [0.4, 0.5) is 0 Å². The highest BCUT2D eigenvalue weighted by Gasteiger charge is 2.31. The molecule has 22 heavy (non-hydrogen) atoms. The molecule has 0 bridgehead atoms. The minimum absolute atomic E-state index is 0.359. The highest BCUT2D eigenvalue weighted by molar-refractivity contribution is 6.30. The van der Waals surface area contributed by atoms with E-state index in [2.05, 4.69) is 4.98 Å². The molecule has 2 aromatic rings. The van der Waals surface area contributed by atoms with Crippen molar-refractivity contribution >= 4 is 17.6 Å². The standard InChI is InChI=1S/C16H20ClN3O2/c1-4-20(5-2)13(16(21)22)12-14(17)19(3)15(18-12)11-9-7-6-8-10-11/h6-10,13H,4-5H2,1-3H3,(H,21,22). The van der Waals surface area contributed by atoms with E-state index >= 15 is 0 Å². The quantitative estimate of drug-likeness (QED) is 0.887. The van der Waals surface area contributed by atoms with Gasteiger partial charge in [0.15, 0.2) is 6.04 Å². The van der Waals surface area contributed by atoms with E-state index in [-0.39, 0.29) is 0 Å². The maximum absolute atomic E-state index is 11.7. The molecule has 1 aromatic carbocycles. The molecule has 0 saturated carbocycles. The second-order valence-electron chi connectivity index (χ2n) is 5.00. The third kappa shape index (κ3) is 3.00. The summed E-state index contributed by atoms with van der Waals surface area (Å²) in [5.74, 6) is -0.276. The summed E-state index contributed by atoms with van der Waals surface area (Å²) in [5, 5.41) is 9.96. The number of nitrogens with zero attached hydrogens (tertiary/aromatic N) is 3. The average Bonchev–Trinajstić information content (AvgIpc) is 2.81. The Morgan fingerprint density at radius 1 is 1.32 bits per heavy atom. The molecule has 0 spiro atoms. The largest absolute Gasteiger partial charge is 0.480 e. The number of carbonyl (C=O) groups is 1. The summed E-state index contributed by atoms with van der Waals surface area (Å²) in [5.41, 5.74) is 1.29. The van der Waals surface area contributed by atoms with Crippen LogP contribution in [-0.2, 0) is 11.8 Å². The number of hydrogen-bond donors (Lipinski definition) is 1. The fraction of sp³-hybridized carbons (Fsp3) is 0.375. The van der Waals surface area contributed by atoms with Crippen LogP contribution in [0.1, 0.15) is 25.6 Å². The normalized spacial score (nSPS) is 12.6. The fourth-order valence-corrected chi connectivity index (χ4v) is 2.78. The van der Waals surface area contributed by atoms with E-state index in [1.165, 1.54) is 0 Å². The molecule has 0 aliphatic rings.